The van der Waals surface area contributed by atoms with Gasteiger partial charge in [-0.3, -0.25) is 0 Å². The molecule has 0 aliphatic carbocycles. The monoisotopic (exact) mass is 161 g/mol. The number of para-hydroxylation sites is 1. The molecule has 60 valence electrons. The molecule has 0 unspecified atom stereocenters. The van der Waals surface area contributed by atoms with E-state index in [1.807, 2.05) is 11.4 Å². The van der Waals surface area contributed by atoms with E-state index in [0.29, 0.717) is 5.69 Å². The van der Waals surface area contributed by atoms with Crippen LogP contribution in [0.1, 0.15) is 0 Å². The van der Waals surface area contributed by atoms with Crippen molar-refractivity contribution in [1.29, 1.82) is 5.26 Å². The fraction of sp³-hybridized carbons (Fsp3) is 0. The smallest absolute Gasteiger partial charge is 0.307 e. The summed E-state index contributed by atoms with van der Waals surface area (Å²) in [5, 5.41) is 12.5. The summed E-state index contributed by atoms with van der Waals surface area (Å²) in [6.45, 7) is 0. The maximum Gasteiger partial charge on any atom is 0.332 e. The average Bonchev–Trinajstić information content (AvgIpc) is 2.06. The molecule has 0 aliphatic rings. The Kier molecular flexibility index (Phi) is 2.68. The van der Waals surface area contributed by atoms with Gasteiger partial charge in [0.05, 0.1) is 0 Å². The van der Waals surface area contributed by atoms with E-state index >= 15 is 0 Å². The molecule has 1 aromatic carbocycles. The van der Waals surface area contributed by atoms with Gasteiger partial charge in [-0.15, -0.1) is 0 Å². The third-order valence-corrected chi connectivity index (χ3v) is 1.20. The molecule has 0 radical (unpaired) electrons. The summed E-state index contributed by atoms with van der Waals surface area (Å²) in [6.07, 6.45) is 1.53. The van der Waals surface area contributed by atoms with Crippen molar-refractivity contribution in [1.82, 2.24) is 5.32 Å². The van der Waals surface area contributed by atoms with Gasteiger partial charge < -0.3 is 5.32 Å². The van der Waals surface area contributed by atoms with E-state index in [1.54, 1.807) is 24.3 Å². The van der Waals surface area contributed by atoms with Crippen molar-refractivity contribution >= 4 is 11.7 Å². The van der Waals surface area contributed by atoms with E-state index in [4.69, 9.17) is 5.26 Å². The molecular formula is C8H7N3O. The van der Waals surface area contributed by atoms with Crippen LogP contribution in [0, 0.1) is 11.5 Å². The molecule has 1 rings (SSSR count). The second-order valence-electron chi connectivity index (χ2n) is 2.06. The molecule has 0 aliphatic heterocycles. The van der Waals surface area contributed by atoms with E-state index in [1.165, 1.54) is 6.19 Å². The van der Waals surface area contributed by atoms with Crippen molar-refractivity contribution < 1.29 is 4.79 Å². The lowest BCUT2D eigenvalue weighted by molar-refractivity contribution is 0.255. The molecule has 4 heteroatoms. The molecule has 1 aromatic rings. The molecule has 0 saturated heterocycles. The molecule has 0 heterocycles. The topological polar surface area (TPSA) is 64.9 Å². The largest absolute Gasteiger partial charge is 0.332 e. The minimum absolute atomic E-state index is 0.524. The lowest BCUT2D eigenvalue weighted by Crippen LogP contribution is -2.23. The molecule has 2 amide bonds. The van der Waals surface area contributed by atoms with Crippen LogP contribution in [-0.2, 0) is 0 Å². The summed E-state index contributed by atoms with van der Waals surface area (Å²) in [4.78, 5) is 10.8. The lowest BCUT2D eigenvalue weighted by Gasteiger charge is -2.00. The first-order valence-electron chi connectivity index (χ1n) is 3.34. The Bertz CT molecular complexity index is 302. The number of nitriles is 1. The van der Waals surface area contributed by atoms with Crippen LogP contribution in [-0.4, -0.2) is 6.03 Å². The molecule has 12 heavy (non-hydrogen) atoms. The first-order chi connectivity index (χ1) is 5.83. The minimum Gasteiger partial charge on any atom is -0.307 e. The maximum absolute atomic E-state index is 10.8. The zero-order chi connectivity index (χ0) is 8.81. The number of nitrogens with one attached hydrogen (secondary N) is 2. The Morgan fingerprint density at radius 2 is 2.00 bits per heavy atom. The molecule has 0 fully saturated rings. The van der Waals surface area contributed by atoms with Gasteiger partial charge in [0.25, 0.3) is 0 Å². The lowest BCUT2D eigenvalue weighted by atomic mass is 10.3. The first kappa shape index (κ1) is 8.08. The number of hydrogen-bond acceptors (Lipinski definition) is 2. The molecule has 0 saturated carbocycles. The number of carbonyl (C=O) groups is 1. The van der Waals surface area contributed by atoms with Crippen molar-refractivity contribution in [3.8, 4) is 6.19 Å². The number of amides is 2. The number of benzene rings is 1. The first-order valence-corrected chi connectivity index (χ1v) is 3.34. The molecular weight excluding hydrogens is 154 g/mol. The molecule has 2 N–H and O–H groups in total. The molecule has 0 bridgehead atoms. The minimum atomic E-state index is -0.524. The summed E-state index contributed by atoms with van der Waals surface area (Å²) in [7, 11) is 0. The normalized spacial score (nSPS) is 8.25. The fourth-order valence-corrected chi connectivity index (χ4v) is 0.735. The van der Waals surface area contributed by atoms with Crippen LogP contribution in [0.3, 0.4) is 0 Å². The van der Waals surface area contributed by atoms with Crippen molar-refractivity contribution in [3.05, 3.63) is 30.3 Å². The Hall–Kier alpha value is -2.02. The Balaban J connectivity index is 2.54. The number of nitrogens with zero attached hydrogens (tertiary/aromatic N) is 1. The maximum atomic E-state index is 10.8. The highest BCUT2D eigenvalue weighted by Gasteiger charge is 1.97. The van der Waals surface area contributed by atoms with Gasteiger partial charge in [0.1, 0.15) is 0 Å². The van der Waals surface area contributed by atoms with Gasteiger partial charge in [-0.05, 0) is 12.1 Å². The van der Waals surface area contributed by atoms with Crippen molar-refractivity contribution in [3.63, 3.8) is 0 Å². The SMILES string of the molecule is N#CNC(=O)Nc1ccccc1. The van der Waals surface area contributed by atoms with Crippen molar-refractivity contribution in [2.45, 2.75) is 0 Å². The van der Waals surface area contributed by atoms with Crippen LogP contribution in [0.25, 0.3) is 0 Å². The van der Waals surface area contributed by atoms with Crippen LogP contribution in [0.15, 0.2) is 30.3 Å². The van der Waals surface area contributed by atoms with Gasteiger partial charge >= 0.3 is 6.03 Å². The molecule has 4 nitrogen and oxygen atoms in total. The molecule has 0 atom stereocenters. The zero-order valence-electron chi connectivity index (χ0n) is 6.24. The molecule has 0 aromatic heterocycles. The Labute approximate surface area is 69.8 Å². The van der Waals surface area contributed by atoms with E-state index < -0.39 is 6.03 Å². The van der Waals surface area contributed by atoms with Crippen molar-refractivity contribution in [2.75, 3.05) is 5.32 Å². The predicted octanol–water partition coefficient (Wildman–Crippen LogP) is 1.29. The van der Waals surface area contributed by atoms with Crippen LogP contribution >= 0.6 is 0 Å². The third kappa shape index (κ3) is 2.31. The summed E-state index contributed by atoms with van der Waals surface area (Å²) < 4.78 is 0. The summed E-state index contributed by atoms with van der Waals surface area (Å²) in [5.74, 6) is 0. The van der Waals surface area contributed by atoms with Crippen LogP contribution in [0.4, 0.5) is 10.5 Å². The highest BCUT2D eigenvalue weighted by Crippen LogP contribution is 2.03. The van der Waals surface area contributed by atoms with E-state index in [9.17, 15) is 4.79 Å². The van der Waals surface area contributed by atoms with Crippen molar-refractivity contribution in [2.24, 2.45) is 0 Å². The summed E-state index contributed by atoms with van der Waals surface area (Å²) >= 11 is 0. The van der Waals surface area contributed by atoms with Gasteiger partial charge in [0.2, 0.25) is 0 Å². The number of hydrogen-bond donors (Lipinski definition) is 2. The number of urea groups is 1. The van der Waals surface area contributed by atoms with Gasteiger partial charge in [-0.25, -0.2) is 10.1 Å². The second kappa shape index (κ2) is 3.98. The number of rotatable bonds is 1. The highest BCUT2D eigenvalue weighted by atomic mass is 16.2. The quantitative estimate of drug-likeness (QED) is 0.481. The Morgan fingerprint density at radius 3 is 2.58 bits per heavy atom. The van der Waals surface area contributed by atoms with E-state index in [0.717, 1.165) is 0 Å². The van der Waals surface area contributed by atoms with E-state index in [-0.39, 0.29) is 0 Å². The highest BCUT2D eigenvalue weighted by molar-refractivity contribution is 5.90. The van der Waals surface area contributed by atoms with Gasteiger partial charge in [-0.2, -0.15) is 5.26 Å². The van der Waals surface area contributed by atoms with Gasteiger partial charge in [0.15, 0.2) is 6.19 Å². The number of anilines is 1. The summed E-state index contributed by atoms with van der Waals surface area (Å²) in [6, 6.07) is 8.37. The predicted molar refractivity (Wildman–Crippen MR) is 44.2 cm³/mol. The van der Waals surface area contributed by atoms with E-state index in [2.05, 4.69) is 5.32 Å². The fourth-order valence-electron chi connectivity index (χ4n) is 0.735. The number of carbonyl (C=O) groups excluding carboxylic acids is 1. The average molecular weight is 161 g/mol. The van der Waals surface area contributed by atoms with Crippen LogP contribution in [0.5, 0.6) is 0 Å². The Morgan fingerprint density at radius 1 is 1.33 bits per heavy atom. The zero-order valence-corrected chi connectivity index (χ0v) is 6.24. The standard InChI is InChI=1S/C8H7N3O/c9-6-10-8(12)11-7-4-2-1-3-5-7/h1-5H,(H2,10,11,12). The second-order valence-corrected chi connectivity index (χ2v) is 2.06. The molecule has 0 spiro atoms. The van der Waals surface area contributed by atoms with Gasteiger partial charge in [0, 0.05) is 5.69 Å². The van der Waals surface area contributed by atoms with Crippen LogP contribution < -0.4 is 10.6 Å². The van der Waals surface area contributed by atoms with Crippen LogP contribution in [0.2, 0.25) is 0 Å². The summed E-state index contributed by atoms with van der Waals surface area (Å²) in [5.41, 5.74) is 0.658. The third-order valence-electron chi connectivity index (χ3n) is 1.20. The van der Waals surface area contributed by atoms with Gasteiger partial charge in [-0.1, -0.05) is 18.2 Å².